The number of anilines is 1. The quantitative estimate of drug-likeness (QED) is 0.397. The highest BCUT2D eigenvalue weighted by Gasteiger charge is 2.33. The Bertz CT molecular complexity index is 1360. The number of carbonyl (C=O) groups is 2. The first-order valence-corrected chi connectivity index (χ1v) is 14.5. The number of hydrogen-bond acceptors (Lipinski definition) is 4. The van der Waals surface area contributed by atoms with Crippen LogP contribution in [0.2, 0.25) is 0 Å². The molecule has 0 aliphatic carbocycles. The van der Waals surface area contributed by atoms with E-state index in [2.05, 4.69) is 5.32 Å². The Morgan fingerprint density at radius 3 is 2.11 bits per heavy atom. The Morgan fingerprint density at radius 2 is 1.50 bits per heavy atom. The van der Waals surface area contributed by atoms with Gasteiger partial charge in [-0.25, -0.2) is 8.42 Å². The maximum absolute atomic E-state index is 14.1. The first kappa shape index (κ1) is 28.9. The molecule has 1 N–H and O–H groups in total. The van der Waals surface area contributed by atoms with E-state index in [0.717, 1.165) is 32.8 Å². The van der Waals surface area contributed by atoms with Gasteiger partial charge in [0, 0.05) is 20.0 Å². The van der Waals surface area contributed by atoms with Crippen molar-refractivity contribution in [2.75, 3.05) is 24.2 Å². The van der Waals surface area contributed by atoms with E-state index in [0.29, 0.717) is 12.1 Å². The second kappa shape index (κ2) is 12.7. The zero-order valence-corrected chi connectivity index (χ0v) is 23.5. The van der Waals surface area contributed by atoms with Crippen LogP contribution in [0.1, 0.15) is 42.0 Å². The topological polar surface area (TPSA) is 86.8 Å². The van der Waals surface area contributed by atoms with Crippen LogP contribution in [0.5, 0.6) is 0 Å². The number of likely N-dealkylation sites (N-methyl/N-ethyl adjacent to an activating group) is 1. The van der Waals surface area contributed by atoms with Crippen LogP contribution in [0, 0.1) is 6.92 Å². The normalized spacial score (nSPS) is 12.2. The van der Waals surface area contributed by atoms with Crippen molar-refractivity contribution in [2.24, 2.45) is 0 Å². The molecule has 7 nitrogen and oxygen atoms in total. The molecule has 0 aromatic heterocycles. The third-order valence-corrected chi connectivity index (χ3v) is 7.75. The molecular formula is C30H37N3O4S. The number of sulfonamides is 1. The van der Waals surface area contributed by atoms with Gasteiger partial charge < -0.3 is 10.2 Å². The van der Waals surface area contributed by atoms with E-state index in [4.69, 9.17) is 0 Å². The Hall–Kier alpha value is -3.65. The number of hydrogen-bond donors (Lipinski definition) is 1. The maximum Gasteiger partial charge on any atom is 0.244 e. The van der Waals surface area contributed by atoms with Crippen molar-refractivity contribution in [2.45, 2.75) is 45.7 Å². The lowest BCUT2D eigenvalue weighted by atomic mass is 10.0. The molecule has 0 aliphatic rings. The summed E-state index contributed by atoms with van der Waals surface area (Å²) in [7, 11) is -2.27. The zero-order valence-electron chi connectivity index (χ0n) is 22.7. The van der Waals surface area contributed by atoms with E-state index in [-0.39, 0.29) is 18.4 Å². The standard InChI is InChI=1S/C30H37N3O4S/c1-22(2)26-17-11-12-18-27(26)33(38(5,36)37)21-29(34)32(20-25-16-10-9-13-23(25)3)28(30(35)31-4)19-24-14-7-6-8-15-24/h6-18,22,28H,19-21H2,1-5H3,(H,31,35)/t28-/m0/s1. The highest BCUT2D eigenvalue weighted by atomic mass is 32.2. The third kappa shape index (κ3) is 7.22. The van der Waals surface area contributed by atoms with E-state index < -0.39 is 28.5 Å². The Morgan fingerprint density at radius 1 is 0.895 bits per heavy atom. The van der Waals surface area contributed by atoms with Gasteiger partial charge in [-0.3, -0.25) is 13.9 Å². The lowest BCUT2D eigenvalue weighted by Gasteiger charge is -2.34. The molecule has 0 unspecified atom stereocenters. The van der Waals surface area contributed by atoms with E-state index in [1.807, 2.05) is 87.5 Å². The molecule has 0 aliphatic heterocycles. The summed E-state index contributed by atoms with van der Waals surface area (Å²) in [5.74, 6) is -0.726. The van der Waals surface area contributed by atoms with Crippen LogP contribution in [0.25, 0.3) is 0 Å². The maximum atomic E-state index is 14.1. The van der Waals surface area contributed by atoms with E-state index in [9.17, 15) is 18.0 Å². The summed E-state index contributed by atoms with van der Waals surface area (Å²) in [4.78, 5) is 28.8. The lowest BCUT2D eigenvalue weighted by Crippen LogP contribution is -2.53. The minimum atomic E-state index is -3.81. The van der Waals surface area contributed by atoms with Gasteiger partial charge in [-0.15, -0.1) is 0 Å². The Balaban J connectivity index is 2.08. The second-order valence-electron chi connectivity index (χ2n) is 9.75. The number of rotatable bonds is 11. The van der Waals surface area contributed by atoms with Crippen molar-refractivity contribution in [1.82, 2.24) is 10.2 Å². The second-order valence-corrected chi connectivity index (χ2v) is 11.7. The SMILES string of the molecule is CNC(=O)[C@H](Cc1ccccc1)N(Cc1ccccc1C)C(=O)CN(c1ccccc1C(C)C)S(C)(=O)=O. The molecule has 8 heteroatoms. The molecule has 0 heterocycles. The summed E-state index contributed by atoms with van der Waals surface area (Å²) in [5, 5.41) is 2.70. The van der Waals surface area contributed by atoms with Crippen molar-refractivity contribution in [3.63, 3.8) is 0 Å². The van der Waals surface area contributed by atoms with Gasteiger partial charge in [0.25, 0.3) is 0 Å². The molecule has 0 bridgehead atoms. The fourth-order valence-electron chi connectivity index (χ4n) is 4.49. The predicted molar refractivity (Wildman–Crippen MR) is 152 cm³/mol. The number of nitrogens with one attached hydrogen (secondary N) is 1. The largest absolute Gasteiger partial charge is 0.357 e. The first-order chi connectivity index (χ1) is 18.0. The van der Waals surface area contributed by atoms with Crippen LogP contribution >= 0.6 is 0 Å². The smallest absolute Gasteiger partial charge is 0.244 e. The number of carbonyl (C=O) groups excluding carboxylic acids is 2. The summed E-state index contributed by atoms with van der Waals surface area (Å²) >= 11 is 0. The van der Waals surface area contributed by atoms with Gasteiger partial charge in [-0.05, 0) is 41.2 Å². The van der Waals surface area contributed by atoms with Gasteiger partial charge in [-0.1, -0.05) is 86.6 Å². The number of nitrogens with zero attached hydrogens (tertiary/aromatic N) is 2. The molecular weight excluding hydrogens is 498 g/mol. The molecule has 38 heavy (non-hydrogen) atoms. The molecule has 0 spiro atoms. The molecule has 0 fully saturated rings. The van der Waals surface area contributed by atoms with Gasteiger partial charge in [-0.2, -0.15) is 0 Å². The molecule has 0 saturated carbocycles. The predicted octanol–water partition coefficient (Wildman–Crippen LogP) is 4.27. The van der Waals surface area contributed by atoms with E-state index in [1.165, 1.54) is 4.90 Å². The van der Waals surface area contributed by atoms with Crippen LogP contribution in [0.3, 0.4) is 0 Å². The van der Waals surface area contributed by atoms with Gasteiger partial charge >= 0.3 is 0 Å². The highest BCUT2D eigenvalue weighted by molar-refractivity contribution is 7.92. The van der Waals surface area contributed by atoms with Crippen molar-refractivity contribution < 1.29 is 18.0 Å². The van der Waals surface area contributed by atoms with Crippen molar-refractivity contribution in [1.29, 1.82) is 0 Å². The third-order valence-electron chi connectivity index (χ3n) is 6.63. The van der Waals surface area contributed by atoms with E-state index in [1.54, 1.807) is 19.2 Å². The summed E-state index contributed by atoms with van der Waals surface area (Å²) < 4.78 is 27.2. The number of benzene rings is 3. The number of aryl methyl sites for hydroxylation is 1. The summed E-state index contributed by atoms with van der Waals surface area (Å²) in [6.07, 6.45) is 1.39. The molecule has 0 radical (unpaired) electrons. The van der Waals surface area contributed by atoms with Gasteiger partial charge in [0.05, 0.1) is 11.9 Å². The van der Waals surface area contributed by atoms with Crippen LogP contribution in [-0.4, -0.2) is 51.0 Å². The number of para-hydroxylation sites is 1. The summed E-state index contributed by atoms with van der Waals surface area (Å²) in [6.45, 7) is 5.66. The van der Waals surface area contributed by atoms with Gasteiger partial charge in [0.2, 0.25) is 21.8 Å². The van der Waals surface area contributed by atoms with Crippen molar-refractivity contribution in [3.05, 3.63) is 101 Å². The molecule has 2 amide bonds. The van der Waals surface area contributed by atoms with Crippen molar-refractivity contribution >= 4 is 27.5 Å². The molecule has 1 atom stereocenters. The zero-order chi connectivity index (χ0) is 27.9. The van der Waals surface area contributed by atoms with Crippen molar-refractivity contribution in [3.8, 4) is 0 Å². The lowest BCUT2D eigenvalue weighted by molar-refractivity contribution is -0.139. The Kier molecular flexibility index (Phi) is 9.69. The van der Waals surface area contributed by atoms with Gasteiger partial charge in [0.15, 0.2) is 0 Å². The number of amides is 2. The fourth-order valence-corrected chi connectivity index (χ4v) is 5.36. The molecule has 3 rings (SSSR count). The van der Waals surface area contributed by atoms with Crippen LogP contribution < -0.4 is 9.62 Å². The monoisotopic (exact) mass is 535 g/mol. The minimum absolute atomic E-state index is 0.0466. The van der Waals surface area contributed by atoms with Crippen LogP contribution in [0.4, 0.5) is 5.69 Å². The molecule has 3 aromatic carbocycles. The van der Waals surface area contributed by atoms with Crippen LogP contribution in [0.15, 0.2) is 78.9 Å². The van der Waals surface area contributed by atoms with Gasteiger partial charge in [0.1, 0.15) is 12.6 Å². The van der Waals surface area contributed by atoms with E-state index >= 15 is 0 Å². The minimum Gasteiger partial charge on any atom is -0.357 e. The summed E-state index contributed by atoms with van der Waals surface area (Å²) in [6, 6.07) is 23.5. The molecule has 0 saturated heterocycles. The first-order valence-electron chi connectivity index (χ1n) is 12.7. The average molecular weight is 536 g/mol. The molecule has 3 aromatic rings. The molecule has 202 valence electrons. The average Bonchev–Trinajstić information content (AvgIpc) is 2.89. The summed E-state index contributed by atoms with van der Waals surface area (Å²) in [5.41, 5.74) is 4.05. The Labute approximate surface area is 226 Å². The highest BCUT2D eigenvalue weighted by Crippen LogP contribution is 2.29. The fraction of sp³-hybridized carbons (Fsp3) is 0.333. The van der Waals surface area contributed by atoms with Crippen LogP contribution in [-0.2, 0) is 32.6 Å².